The minimum atomic E-state index is -3.54. The van der Waals surface area contributed by atoms with E-state index >= 15 is 13.2 Å². The minimum Gasteiger partial charge on any atom is -0.387 e. The van der Waals surface area contributed by atoms with Crippen LogP contribution in [-0.2, 0) is 10.3 Å². The van der Waals surface area contributed by atoms with E-state index in [4.69, 9.17) is 0 Å². The zero-order valence-corrected chi connectivity index (χ0v) is 19.2. The van der Waals surface area contributed by atoms with E-state index in [0.717, 1.165) is 24.1 Å². The van der Waals surface area contributed by atoms with Crippen LogP contribution < -0.4 is 5.32 Å². The van der Waals surface area contributed by atoms with Crippen molar-refractivity contribution in [3.63, 3.8) is 0 Å². The Morgan fingerprint density at radius 3 is 1.97 bits per heavy atom. The van der Waals surface area contributed by atoms with Gasteiger partial charge in [-0.1, -0.05) is 74.5 Å². The molecule has 0 heterocycles. The average Bonchev–Trinajstić information content (AvgIpc) is 2.84. The average molecular weight is 469 g/mol. The van der Waals surface area contributed by atoms with Crippen molar-refractivity contribution in [3.05, 3.63) is 101 Å². The molecule has 7 heteroatoms. The first-order valence-corrected chi connectivity index (χ1v) is 10.9. The summed E-state index contributed by atoms with van der Waals surface area (Å²) in [6, 6.07) is 22.3. The van der Waals surface area contributed by atoms with Gasteiger partial charge in [-0.05, 0) is 25.1 Å². The van der Waals surface area contributed by atoms with E-state index in [-0.39, 0.29) is 5.69 Å². The van der Waals surface area contributed by atoms with Crippen LogP contribution in [0.25, 0.3) is 0 Å². The molecule has 0 bridgehead atoms. The van der Waals surface area contributed by atoms with Crippen molar-refractivity contribution in [1.82, 2.24) is 5.32 Å². The highest BCUT2D eigenvalue weighted by Crippen LogP contribution is 2.44. The molecule has 1 amide bonds. The first kappa shape index (κ1) is 25.2. The molecule has 3 rings (SSSR count). The maximum absolute atomic E-state index is 15.4. The standard InChI is InChI=1S/C27H27F3N2O2/c1-18(2)27(29,30)26(3,32-24(34)17-33)22-16-21(14-15-23(22)28)31-25(19-10-6-4-7-11-19)20-12-8-5-9-13-20/h4-16,18,33H,17H2,1-3H3,(H,32,34). The Balaban J connectivity index is 2.21. The molecule has 1 unspecified atom stereocenters. The molecule has 0 saturated heterocycles. The molecule has 0 aliphatic carbocycles. The van der Waals surface area contributed by atoms with Crippen molar-refractivity contribution in [3.8, 4) is 0 Å². The number of amides is 1. The number of hydrogen-bond acceptors (Lipinski definition) is 3. The molecule has 2 N–H and O–H groups in total. The van der Waals surface area contributed by atoms with Crippen LogP contribution in [0.3, 0.4) is 0 Å². The highest BCUT2D eigenvalue weighted by atomic mass is 19.3. The van der Waals surface area contributed by atoms with Gasteiger partial charge in [0.05, 0.1) is 11.4 Å². The van der Waals surface area contributed by atoms with Crippen molar-refractivity contribution in [2.45, 2.75) is 32.2 Å². The molecule has 34 heavy (non-hydrogen) atoms. The Kier molecular flexibility index (Phi) is 7.57. The summed E-state index contributed by atoms with van der Waals surface area (Å²) in [6.07, 6.45) is 0. The number of hydrogen-bond donors (Lipinski definition) is 2. The lowest BCUT2D eigenvalue weighted by Crippen LogP contribution is -2.59. The van der Waals surface area contributed by atoms with Gasteiger partial charge in [0, 0.05) is 22.6 Å². The lowest BCUT2D eigenvalue weighted by Gasteiger charge is -2.41. The van der Waals surface area contributed by atoms with E-state index < -0.39 is 41.3 Å². The second kappa shape index (κ2) is 10.2. The van der Waals surface area contributed by atoms with E-state index in [1.54, 1.807) is 0 Å². The van der Waals surface area contributed by atoms with Crippen molar-refractivity contribution in [2.75, 3.05) is 6.61 Å². The van der Waals surface area contributed by atoms with Gasteiger partial charge in [-0.25, -0.2) is 18.2 Å². The fourth-order valence-corrected chi connectivity index (χ4v) is 3.81. The number of carbonyl (C=O) groups is 1. The van der Waals surface area contributed by atoms with Gasteiger partial charge in [0.15, 0.2) is 0 Å². The third-order valence-electron chi connectivity index (χ3n) is 5.75. The largest absolute Gasteiger partial charge is 0.387 e. The number of rotatable bonds is 8. The van der Waals surface area contributed by atoms with Crippen LogP contribution in [0.4, 0.5) is 18.9 Å². The molecule has 0 spiro atoms. The first-order chi connectivity index (χ1) is 16.1. The van der Waals surface area contributed by atoms with Gasteiger partial charge in [-0.2, -0.15) is 0 Å². The Morgan fingerprint density at radius 2 is 1.50 bits per heavy atom. The molecule has 0 saturated carbocycles. The van der Waals surface area contributed by atoms with Gasteiger partial charge in [0.1, 0.15) is 18.0 Å². The Labute approximate surface area is 197 Å². The summed E-state index contributed by atoms with van der Waals surface area (Å²) in [5.74, 6) is -6.72. The number of aliphatic imine (C=N–C) groups is 1. The number of aliphatic hydroxyl groups is 1. The van der Waals surface area contributed by atoms with E-state index in [1.807, 2.05) is 60.7 Å². The second-order valence-electron chi connectivity index (χ2n) is 8.47. The number of nitrogens with one attached hydrogen (secondary N) is 1. The van der Waals surface area contributed by atoms with Crippen molar-refractivity contribution in [2.24, 2.45) is 10.9 Å². The minimum absolute atomic E-state index is 0.239. The van der Waals surface area contributed by atoms with E-state index in [1.165, 1.54) is 26.0 Å². The van der Waals surface area contributed by atoms with Crippen LogP contribution in [0, 0.1) is 11.7 Å². The van der Waals surface area contributed by atoms with Gasteiger partial charge in [-0.15, -0.1) is 0 Å². The SMILES string of the molecule is CC(C)C(F)(F)C(C)(NC(=O)CO)c1cc(N=C(c2ccccc2)c2ccccc2)ccc1F. The number of halogens is 3. The molecule has 0 radical (unpaired) electrons. The quantitative estimate of drug-likeness (QED) is 0.422. The summed E-state index contributed by atoms with van der Waals surface area (Å²) in [7, 11) is 0. The molecule has 3 aromatic carbocycles. The zero-order chi connectivity index (χ0) is 24.9. The number of benzene rings is 3. The second-order valence-corrected chi connectivity index (χ2v) is 8.47. The highest BCUT2D eigenvalue weighted by Gasteiger charge is 2.55. The number of aliphatic hydroxyl groups excluding tert-OH is 1. The maximum Gasteiger partial charge on any atom is 0.276 e. The number of carbonyl (C=O) groups excluding carboxylic acids is 1. The molecule has 4 nitrogen and oxygen atoms in total. The topological polar surface area (TPSA) is 61.7 Å². The van der Waals surface area contributed by atoms with Crippen LogP contribution in [0.15, 0.2) is 83.9 Å². The van der Waals surface area contributed by atoms with Gasteiger partial charge in [-0.3, -0.25) is 4.79 Å². The molecule has 3 aromatic rings. The predicted octanol–water partition coefficient (Wildman–Crippen LogP) is 5.61. The maximum atomic E-state index is 15.4. The summed E-state index contributed by atoms with van der Waals surface area (Å²) in [4.78, 5) is 16.7. The number of nitrogens with zero attached hydrogens (tertiary/aromatic N) is 1. The van der Waals surface area contributed by atoms with Gasteiger partial charge < -0.3 is 10.4 Å². The lowest BCUT2D eigenvalue weighted by atomic mass is 9.79. The normalized spacial score (nSPS) is 13.3. The molecule has 0 aromatic heterocycles. The molecular weight excluding hydrogens is 441 g/mol. The van der Waals surface area contributed by atoms with E-state index in [0.29, 0.717) is 5.71 Å². The van der Waals surface area contributed by atoms with Gasteiger partial charge in [0.25, 0.3) is 5.92 Å². The fraction of sp³-hybridized carbons (Fsp3) is 0.259. The van der Waals surface area contributed by atoms with Crippen LogP contribution in [-0.4, -0.2) is 29.3 Å². The lowest BCUT2D eigenvalue weighted by molar-refractivity contribution is -0.146. The molecular formula is C27H27F3N2O2. The summed E-state index contributed by atoms with van der Waals surface area (Å²) in [5, 5.41) is 11.3. The zero-order valence-electron chi connectivity index (χ0n) is 19.2. The van der Waals surface area contributed by atoms with Crippen molar-refractivity contribution < 1.29 is 23.1 Å². The smallest absolute Gasteiger partial charge is 0.276 e. The summed E-state index contributed by atoms with van der Waals surface area (Å²) >= 11 is 0. The van der Waals surface area contributed by atoms with Crippen LogP contribution >= 0.6 is 0 Å². The summed E-state index contributed by atoms with van der Waals surface area (Å²) < 4.78 is 45.8. The van der Waals surface area contributed by atoms with Crippen LogP contribution in [0.2, 0.25) is 0 Å². The Hall–Kier alpha value is -3.45. The molecule has 0 fully saturated rings. The van der Waals surface area contributed by atoms with E-state index in [9.17, 15) is 9.90 Å². The van der Waals surface area contributed by atoms with Crippen LogP contribution in [0.1, 0.15) is 37.5 Å². The monoisotopic (exact) mass is 468 g/mol. The molecule has 0 aliphatic rings. The first-order valence-electron chi connectivity index (χ1n) is 10.9. The van der Waals surface area contributed by atoms with Gasteiger partial charge >= 0.3 is 0 Å². The van der Waals surface area contributed by atoms with Crippen molar-refractivity contribution in [1.29, 1.82) is 0 Å². The van der Waals surface area contributed by atoms with E-state index in [2.05, 4.69) is 10.3 Å². The predicted molar refractivity (Wildman–Crippen MR) is 127 cm³/mol. The van der Waals surface area contributed by atoms with Crippen molar-refractivity contribution >= 4 is 17.3 Å². The van der Waals surface area contributed by atoms with Gasteiger partial charge in [0.2, 0.25) is 5.91 Å². The highest BCUT2D eigenvalue weighted by molar-refractivity contribution is 6.13. The molecule has 178 valence electrons. The summed E-state index contributed by atoms with van der Waals surface area (Å²) in [6.45, 7) is 2.62. The fourth-order valence-electron chi connectivity index (χ4n) is 3.81. The third-order valence-corrected chi connectivity index (χ3v) is 5.75. The Bertz CT molecular complexity index is 1120. The molecule has 1 atom stereocenters. The molecule has 0 aliphatic heterocycles. The summed E-state index contributed by atoms with van der Waals surface area (Å²) in [5.41, 5.74) is -0.434. The third kappa shape index (κ3) is 5.04. The number of alkyl halides is 2. The van der Waals surface area contributed by atoms with Crippen LogP contribution in [0.5, 0.6) is 0 Å². The Morgan fingerprint density at radius 1 is 0.971 bits per heavy atom.